The van der Waals surface area contributed by atoms with Gasteiger partial charge in [0, 0.05) is 20.4 Å². The minimum Gasteiger partial charge on any atom is -0.392 e. The summed E-state index contributed by atoms with van der Waals surface area (Å²) in [4.78, 5) is 0. The maximum absolute atomic E-state index is 8.23. The number of aliphatic hydroxyl groups excluding tert-OH is 12. The van der Waals surface area contributed by atoms with Gasteiger partial charge in [-0.3, -0.25) is 0 Å². The van der Waals surface area contributed by atoms with Crippen LogP contribution in [0.25, 0.3) is 0 Å². The quantitative estimate of drug-likeness (QED) is 0.0805. The zero-order valence-corrected chi connectivity index (χ0v) is 21.1. The van der Waals surface area contributed by atoms with Crippen molar-refractivity contribution >= 4 is 31.7 Å². The van der Waals surface area contributed by atoms with Crippen LogP contribution in [-0.2, 0) is 20.4 Å². The van der Waals surface area contributed by atoms with Crippen LogP contribution in [0.5, 0.6) is 0 Å². The Balaban J connectivity index is -0.0000000873. The van der Waals surface area contributed by atoms with Crippen LogP contribution in [0, 0.1) is 0 Å². The topological polar surface area (TPSA) is 243 Å². The van der Waals surface area contributed by atoms with Crippen molar-refractivity contribution in [2.45, 2.75) is 0 Å². The van der Waals surface area contributed by atoms with Gasteiger partial charge in [-0.25, -0.2) is 0 Å². The van der Waals surface area contributed by atoms with Crippen LogP contribution in [0.3, 0.4) is 0 Å². The maximum Gasteiger partial charge on any atom is 0.0668 e. The molecule has 0 saturated carbocycles. The van der Waals surface area contributed by atoms with E-state index in [1.165, 1.54) is 0 Å². The normalized spacial score (nSPS) is 9.93. The monoisotopic (exact) mass is 602 g/mol. The summed E-state index contributed by atoms with van der Waals surface area (Å²) in [6.45, 7) is 0. The first-order valence-corrected chi connectivity index (χ1v) is 15.2. The molecule has 0 aromatic heterocycles. The predicted molar refractivity (Wildman–Crippen MR) is 113 cm³/mol. The van der Waals surface area contributed by atoms with Crippen molar-refractivity contribution in [3.63, 3.8) is 0 Å². The average Bonchev–Trinajstić information content (AvgIpc) is 2.75. The molecule has 0 radical (unpaired) electrons. The second-order valence-electron chi connectivity index (χ2n) is 4.38. The molecule has 29 heavy (non-hydrogen) atoms. The summed E-state index contributed by atoms with van der Waals surface area (Å²) in [5.41, 5.74) is 0. The van der Waals surface area contributed by atoms with E-state index in [2.05, 4.69) is 0 Å². The Hall–Kier alpha value is 1.90. The Labute approximate surface area is 189 Å². The van der Waals surface area contributed by atoms with Crippen LogP contribution in [0.2, 0.25) is 0 Å². The summed E-state index contributed by atoms with van der Waals surface area (Å²) >= 11 is 0. The summed E-state index contributed by atoms with van der Waals surface area (Å²) < 4.78 is 0. The molecule has 0 aromatic rings. The molecular formula is C12H36O12P4Pd. The molecule has 0 aliphatic heterocycles. The fraction of sp³-hybridized carbons (Fsp3) is 1.00. The predicted octanol–water partition coefficient (Wildman–Crippen LogP) is -2.73. The summed E-state index contributed by atoms with van der Waals surface area (Å²) in [7, 11) is -3.55. The standard InChI is InChI=1S/4C3H9O3P.Pd/c4*4-1-7(2-5)3-6;/h4*4-6H,1-3H2;. The molecule has 12 nitrogen and oxygen atoms in total. The van der Waals surface area contributed by atoms with Crippen molar-refractivity contribution in [3.05, 3.63) is 0 Å². The van der Waals surface area contributed by atoms with Crippen molar-refractivity contribution in [3.8, 4) is 0 Å². The molecule has 0 saturated heterocycles. The van der Waals surface area contributed by atoms with E-state index in [1.807, 2.05) is 0 Å². The zero-order valence-electron chi connectivity index (χ0n) is 16.0. The van der Waals surface area contributed by atoms with Gasteiger partial charge < -0.3 is 61.3 Å². The Bertz CT molecular complexity index is 181. The van der Waals surface area contributed by atoms with Crippen LogP contribution in [0.1, 0.15) is 0 Å². The summed E-state index contributed by atoms with van der Waals surface area (Å²) in [5, 5.41) is 98.8. The van der Waals surface area contributed by atoms with E-state index < -0.39 is 31.7 Å². The Morgan fingerprint density at radius 3 is 0.310 bits per heavy atom. The minimum atomic E-state index is -0.887. The Morgan fingerprint density at radius 1 is 0.241 bits per heavy atom. The van der Waals surface area contributed by atoms with Crippen LogP contribution in [0.15, 0.2) is 0 Å². The van der Waals surface area contributed by atoms with Crippen molar-refractivity contribution < 1.29 is 81.7 Å². The number of rotatable bonds is 12. The zero-order chi connectivity index (χ0) is 22.8. The van der Waals surface area contributed by atoms with Gasteiger partial charge in [0.05, 0.1) is 76.2 Å². The Kier molecular flexibility index (Phi) is 52.9. The molecule has 0 aromatic carbocycles. The molecule has 0 heterocycles. The van der Waals surface area contributed by atoms with Crippen LogP contribution < -0.4 is 0 Å². The van der Waals surface area contributed by atoms with Gasteiger partial charge in [0.25, 0.3) is 0 Å². The minimum absolute atomic E-state index is 0. The molecule has 0 aliphatic rings. The first-order valence-electron chi connectivity index (χ1n) is 7.59. The SMILES string of the molecule is OCP(CO)CO.OCP(CO)CO.OCP(CO)CO.OCP(CO)CO.[Pd]. The molecule has 17 heteroatoms. The molecule has 0 aliphatic carbocycles. The van der Waals surface area contributed by atoms with Crippen molar-refractivity contribution in [2.75, 3.05) is 76.2 Å². The van der Waals surface area contributed by atoms with Gasteiger partial charge in [-0.1, -0.05) is 0 Å². The summed E-state index contributed by atoms with van der Waals surface area (Å²) in [6, 6.07) is 0. The molecule has 0 fully saturated rings. The smallest absolute Gasteiger partial charge is 0.0668 e. The largest absolute Gasteiger partial charge is 0.392 e. The Morgan fingerprint density at radius 2 is 0.310 bits per heavy atom. The van der Waals surface area contributed by atoms with Gasteiger partial charge in [0.1, 0.15) is 0 Å². The molecule has 0 atom stereocenters. The molecule has 0 spiro atoms. The first-order chi connectivity index (χ1) is 13.4. The van der Waals surface area contributed by atoms with E-state index in [-0.39, 0.29) is 96.6 Å². The number of hydrogen-bond donors (Lipinski definition) is 12. The van der Waals surface area contributed by atoms with Gasteiger partial charge in [-0.2, -0.15) is 0 Å². The third-order valence-electron chi connectivity index (χ3n) is 2.40. The van der Waals surface area contributed by atoms with Crippen LogP contribution in [0.4, 0.5) is 0 Å². The summed E-state index contributed by atoms with van der Waals surface area (Å²) in [6.07, 6.45) is -0.972. The van der Waals surface area contributed by atoms with Gasteiger partial charge in [0.15, 0.2) is 0 Å². The van der Waals surface area contributed by atoms with Crippen LogP contribution in [-0.4, -0.2) is 137 Å². The molecule has 186 valence electrons. The van der Waals surface area contributed by atoms with Crippen molar-refractivity contribution in [1.82, 2.24) is 0 Å². The number of aliphatic hydroxyl groups is 12. The van der Waals surface area contributed by atoms with Gasteiger partial charge in [-0.05, 0) is 31.7 Å². The van der Waals surface area contributed by atoms with E-state index in [4.69, 9.17) is 61.3 Å². The second kappa shape index (κ2) is 37.2. The van der Waals surface area contributed by atoms with E-state index in [1.54, 1.807) is 0 Å². The second-order valence-corrected chi connectivity index (χ2v) is 13.1. The molecule has 0 rings (SSSR count). The first kappa shape index (κ1) is 41.2. The third kappa shape index (κ3) is 34.7. The number of hydrogen-bond acceptors (Lipinski definition) is 12. The fourth-order valence-corrected chi connectivity index (χ4v) is 1.61. The van der Waals surface area contributed by atoms with Crippen LogP contribution >= 0.6 is 31.7 Å². The van der Waals surface area contributed by atoms with Crippen molar-refractivity contribution in [1.29, 1.82) is 0 Å². The molecule has 12 N–H and O–H groups in total. The molecule has 0 bridgehead atoms. The summed E-state index contributed by atoms with van der Waals surface area (Å²) in [5.74, 6) is 0. The van der Waals surface area contributed by atoms with E-state index in [0.29, 0.717) is 0 Å². The van der Waals surface area contributed by atoms with E-state index in [9.17, 15) is 0 Å². The fourth-order valence-electron chi connectivity index (χ4n) is 0.537. The van der Waals surface area contributed by atoms with E-state index in [0.717, 1.165) is 0 Å². The molecule has 0 amide bonds. The molecule has 0 unspecified atom stereocenters. The van der Waals surface area contributed by atoms with E-state index >= 15 is 0 Å². The van der Waals surface area contributed by atoms with Gasteiger partial charge in [-0.15, -0.1) is 0 Å². The van der Waals surface area contributed by atoms with Gasteiger partial charge >= 0.3 is 0 Å². The van der Waals surface area contributed by atoms with Gasteiger partial charge in [0.2, 0.25) is 0 Å². The maximum atomic E-state index is 8.23. The third-order valence-corrected chi connectivity index (χ3v) is 7.20. The molecular weight excluding hydrogens is 566 g/mol. The average molecular weight is 603 g/mol. The van der Waals surface area contributed by atoms with Crippen molar-refractivity contribution in [2.24, 2.45) is 0 Å².